The quantitative estimate of drug-likeness (QED) is 0.388. The third-order valence-electron chi connectivity index (χ3n) is 3.23. The summed E-state index contributed by atoms with van der Waals surface area (Å²) in [6, 6.07) is 6.42. The normalized spacial score (nSPS) is 11.9. The minimum absolute atomic E-state index is 0. The topological polar surface area (TPSA) is 36.4 Å². The van der Waals surface area contributed by atoms with Crippen molar-refractivity contribution < 1.29 is 0 Å². The maximum atomic E-state index is 4.64. The van der Waals surface area contributed by atoms with Crippen LogP contribution in [-0.2, 0) is 12.0 Å². The number of guanidine groups is 1. The Kier molecular flexibility index (Phi) is 8.41. The molecule has 0 aliphatic heterocycles. The number of hydrogen-bond acceptors (Lipinski definition) is 3. The molecule has 0 aliphatic carbocycles. The lowest BCUT2D eigenvalue weighted by Crippen LogP contribution is -2.43. The first-order chi connectivity index (χ1) is 10.1. The molecule has 122 valence electrons. The summed E-state index contributed by atoms with van der Waals surface area (Å²) in [6.45, 7) is 9.06. The molecule has 2 aromatic heterocycles. The molecular formula is C16H24IN3S2. The Labute approximate surface area is 158 Å². The van der Waals surface area contributed by atoms with E-state index in [1.165, 1.54) is 10.4 Å². The average molecular weight is 449 g/mol. The molecule has 2 N–H and O–H groups in total. The summed E-state index contributed by atoms with van der Waals surface area (Å²) in [5, 5.41) is 13.1. The van der Waals surface area contributed by atoms with E-state index < -0.39 is 0 Å². The van der Waals surface area contributed by atoms with Gasteiger partial charge in [0.25, 0.3) is 0 Å². The van der Waals surface area contributed by atoms with Crippen molar-refractivity contribution in [1.82, 2.24) is 10.6 Å². The molecule has 0 fully saturated rings. The van der Waals surface area contributed by atoms with Crippen LogP contribution in [0.25, 0.3) is 0 Å². The molecular weight excluding hydrogens is 425 g/mol. The van der Waals surface area contributed by atoms with Crippen LogP contribution in [-0.4, -0.2) is 19.0 Å². The van der Waals surface area contributed by atoms with Gasteiger partial charge in [0.15, 0.2) is 5.96 Å². The van der Waals surface area contributed by atoms with E-state index in [1.54, 1.807) is 11.3 Å². The highest BCUT2D eigenvalue weighted by molar-refractivity contribution is 14.0. The lowest BCUT2D eigenvalue weighted by Gasteiger charge is -2.25. The second-order valence-electron chi connectivity index (χ2n) is 5.54. The standard InChI is InChI=1S/C16H23N3S2.HI/c1-4-17-15(18-10-13-7-9-20-11-13)19-12-16(2,3)14-6-5-8-21-14;/h5-9,11H,4,10,12H2,1-3H3,(H2,17,18,19);1H. The number of rotatable bonds is 6. The van der Waals surface area contributed by atoms with Gasteiger partial charge in [0.05, 0.1) is 6.54 Å². The van der Waals surface area contributed by atoms with Crippen LogP contribution >= 0.6 is 46.7 Å². The number of halogens is 1. The molecule has 0 bridgehead atoms. The number of hydrogen-bond donors (Lipinski definition) is 2. The number of nitrogens with one attached hydrogen (secondary N) is 2. The van der Waals surface area contributed by atoms with Crippen LogP contribution in [0, 0.1) is 0 Å². The fraction of sp³-hybridized carbons (Fsp3) is 0.438. The first-order valence-electron chi connectivity index (χ1n) is 7.19. The van der Waals surface area contributed by atoms with Crippen molar-refractivity contribution in [3.05, 3.63) is 44.8 Å². The minimum atomic E-state index is 0. The first-order valence-corrected chi connectivity index (χ1v) is 9.01. The van der Waals surface area contributed by atoms with Gasteiger partial charge in [-0.15, -0.1) is 35.3 Å². The summed E-state index contributed by atoms with van der Waals surface area (Å²) >= 11 is 3.52. The predicted octanol–water partition coefficient (Wildman–Crippen LogP) is 4.46. The molecule has 0 spiro atoms. The van der Waals surface area contributed by atoms with Crippen molar-refractivity contribution in [3.63, 3.8) is 0 Å². The third-order valence-corrected chi connectivity index (χ3v) is 5.20. The minimum Gasteiger partial charge on any atom is -0.357 e. The van der Waals surface area contributed by atoms with Crippen LogP contribution in [0.15, 0.2) is 39.3 Å². The van der Waals surface area contributed by atoms with Gasteiger partial charge in [0, 0.05) is 23.4 Å². The maximum Gasteiger partial charge on any atom is 0.191 e. The molecule has 2 heterocycles. The Morgan fingerprint density at radius 3 is 2.64 bits per heavy atom. The van der Waals surface area contributed by atoms with E-state index in [9.17, 15) is 0 Å². The van der Waals surface area contributed by atoms with Crippen molar-refractivity contribution >= 4 is 52.6 Å². The number of nitrogens with zero attached hydrogens (tertiary/aromatic N) is 1. The third kappa shape index (κ3) is 5.89. The lowest BCUT2D eigenvalue weighted by molar-refractivity contribution is 0.518. The van der Waals surface area contributed by atoms with E-state index in [1.807, 2.05) is 11.3 Å². The largest absolute Gasteiger partial charge is 0.357 e. The van der Waals surface area contributed by atoms with Crippen LogP contribution < -0.4 is 10.6 Å². The van der Waals surface area contributed by atoms with Crippen LogP contribution in [0.4, 0.5) is 0 Å². The molecule has 0 saturated heterocycles. The Bertz CT molecular complexity index is 548. The van der Waals surface area contributed by atoms with Gasteiger partial charge in [-0.3, -0.25) is 0 Å². The van der Waals surface area contributed by atoms with Crippen molar-refractivity contribution in [2.24, 2.45) is 4.99 Å². The summed E-state index contributed by atoms with van der Waals surface area (Å²) < 4.78 is 0. The van der Waals surface area contributed by atoms with Gasteiger partial charge >= 0.3 is 0 Å². The molecule has 0 radical (unpaired) electrons. The molecule has 3 nitrogen and oxygen atoms in total. The van der Waals surface area contributed by atoms with E-state index in [2.05, 4.69) is 70.7 Å². The molecule has 2 aromatic rings. The fourth-order valence-corrected chi connectivity index (χ4v) is 3.46. The molecule has 6 heteroatoms. The molecule has 0 atom stereocenters. The fourth-order valence-electron chi connectivity index (χ4n) is 1.95. The Balaban J connectivity index is 0.00000242. The summed E-state index contributed by atoms with van der Waals surface area (Å²) in [6.07, 6.45) is 0. The van der Waals surface area contributed by atoms with Crippen LogP contribution in [0.5, 0.6) is 0 Å². The monoisotopic (exact) mass is 449 g/mol. The Morgan fingerprint density at radius 1 is 1.23 bits per heavy atom. The zero-order chi connectivity index (χ0) is 15.1. The second-order valence-corrected chi connectivity index (χ2v) is 7.27. The number of thiophene rings is 2. The first kappa shape index (κ1) is 19.4. The molecule has 0 unspecified atom stereocenters. The van der Waals surface area contributed by atoms with Crippen LogP contribution in [0.2, 0.25) is 0 Å². The molecule has 0 aliphatic rings. The smallest absolute Gasteiger partial charge is 0.191 e. The summed E-state index contributed by atoms with van der Waals surface area (Å²) in [7, 11) is 0. The molecule has 0 amide bonds. The summed E-state index contributed by atoms with van der Waals surface area (Å²) in [5.41, 5.74) is 1.36. The van der Waals surface area contributed by atoms with Crippen molar-refractivity contribution in [1.29, 1.82) is 0 Å². The van der Waals surface area contributed by atoms with E-state index >= 15 is 0 Å². The molecule has 2 rings (SSSR count). The van der Waals surface area contributed by atoms with Gasteiger partial charge in [-0.2, -0.15) is 11.3 Å². The van der Waals surface area contributed by atoms with Crippen molar-refractivity contribution in [2.45, 2.75) is 32.7 Å². The van der Waals surface area contributed by atoms with Crippen LogP contribution in [0.1, 0.15) is 31.2 Å². The number of aliphatic imine (C=N–C) groups is 1. The van der Waals surface area contributed by atoms with E-state index in [-0.39, 0.29) is 29.4 Å². The van der Waals surface area contributed by atoms with Crippen LogP contribution in [0.3, 0.4) is 0 Å². The van der Waals surface area contributed by atoms with Gasteiger partial charge in [-0.25, -0.2) is 4.99 Å². The highest BCUT2D eigenvalue weighted by Crippen LogP contribution is 2.26. The van der Waals surface area contributed by atoms with Gasteiger partial charge in [-0.05, 0) is 40.8 Å². The zero-order valence-corrected chi connectivity index (χ0v) is 17.2. The highest BCUT2D eigenvalue weighted by atomic mass is 127. The van der Waals surface area contributed by atoms with E-state index in [4.69, 9.17) is 0 Å². The SMILES string of the molecule is CCNC(=NCc1ccsc1)NCC(C)(C)c1cccs1.I. The van der Waals surface area contributed by atoms with Gasteiger partial charge in [0.2, 0.25) is 0 Å². The summed E-state index contributed by atoms with van der Waals surface area (Å²) in [5.74, 6) is 0.883. The second kappa shape index (κ2) is 9.52. The summed E-state index contributed by atoms with van der Waals surface area (Å²) in [4.78, 5) is 6.04. The van der Waals surface area contributed by atoms with Gasteiger partial charge < -0.3 is 10.6 Å². The zero-order valence-electron chi connectivity index (χ0n) is 13.3. The average Bonchev–Trinajstić information content (AvgIpc) is 3.14. The van der Waals surface area contributed by atoms with E-state index in [0.29, 0.717) is 0 Å². The highest BCUT2D eigenvalue weighted by Gasteiger charge is 2.21. The molecule has 22 heavy (non-hydrogen) atoms. The lowest BCUT2D eigenvalue weighted by atomic mass is 9.91. The maximum absolute atomic E-state index is 4.64. The predicted molar refractivity (Wildman–Crippen MR) is 110 cm³/mol. The Morgan fingerprint density at radius 2 is 2.05 bits per heavy atom. The van der Waals surface area contributed by atoms with Crippen molar-refractivity contribution in [2.75, 3.05) is 13.1 Å². The Hall–Kier alpha value is -0.600. The molecule has 0 aromatic carbocycles. The van der Waals surface area contributed by atoms with Gasteiger partial charge in [-0.1, -0.05) is 19.9 Å². The van der Waals surface area contributed by atoms with E-state index in [0.717, 1.165) is 25.6 Å². The van der Waals surface area contributed by atoms with Gasteiger partial charge in [0.1, 0.15) is 0 Å². The van der Waals surface area contributed by atoms with Crippen molar-refractivity contribution in [3.8, 4) is 0 Å². The molecule has 0 saturated carbocycles.